The minimum absolute atomic E-state index is 0.251. The molecule has 162 valence electrons. The third kappa shape index (κ3) is 3.75. The number of amides is 1. The fraction of sp³-hybridized carbons (Fsp3) is 0.318. The zero-order valence-electron chi connectivity index (χ0n) is 17.4. The van der Waals surface area contributed by atoms with E-state index in [1.54, 1.807) is 17.1 Å². The molecule has 0 aromatic carbocycles. The number of ether oxygens (including phenoxy) is 1. The third-order valence-electron chi connectivity index (χ3n) is 5.70. The quantitative estimate of drug-likeness (QED) is 0.481. The van der Waals surface area contributed by atoms with E-state index in [0.717, 1.165) is 29.3 Å². The van der Waals surface area contributed by atoms with Crippen LogP contribution in [0.1, 0.15) is 46.2 Å². The molecule has 0 spiro atoms. The van der Waals surface area contributed by atoms with Crippen molar-refractivity contribution in [3.05, 3.63) is 65.6 Å². The molecule has 1 fully saturated rings. The van der Waals surface area contributed by atoms with Gasteiger partial charge in [0.1, 0.15) is 18.0 Å². The zero-order valence-corrected chi connectivity index (χ0v) is 17.4. The fourth-order valence-corrected chi connectivity index (χ4v) is 3.88. The van der Waals surface area contributed by atoms with Gasteiger partial charge in [-0.1, -0.05) is 11.3 Å². The highest BCUT2D eigenvalue weighted by Crippen LogP contribution is 2.39. The second-order valence-electron chi connectivity index (χ2n) is 8.17. The Kier molecular flexibility index (Phi) is 4.48. The maximum absolute atomic E-state index is 12.5. The molecule has 0 bridgehead atoms. The van der Waals surface area contributed by atoms with Crippen LogP contribution in [-0.2, 0) is 13.1 Å². The van der Waals surface area contributed by atoms with Crippen molar-refractivity contribution in [1.82, 2.24) is 34.7 Å². The van der Waals surface area contributed by atoms with Crippen molar-refractivity contribution in [1.29, 1.82) is 0 Å². The number of anilines is 1. The number of nitrogens with one attached hydrogen (secondary N) is 2. The summed E-state index contributed by atoms with van der Waals surface area (Å²) in [6.07, 6.45) is 10.0. The van der Waals surface area contributed by atoms with Crippen LogP contribution in [0.15, 0.2) is 43.0 Å². The molecule has 2 N–H and O–H groups in total. The Morgan fingerprint density at radius 2 is 2.16 bits per heavy atom. The summed E-state index contributed by atoms with van der Waals surface area (Å²) in [4.78, 5) is 21.5. The second-order valence-corrected chi connectivity index (χ2v) is 8.17. The van der Waals surface area contributed by atoms with Gasteiger partial charge in [0.15, 0.2) is 5.69 Å². The van der Waals surface area contributed by atoms with Gasteiger partial charge in [-0.05, 0) is 30.4 Å². The van der Waals surface area contributed by atoms with Gasteiger partial charge < -0.3 is 19.8 Å². The molecule has 1 amide bonds. The molecule has 0 saturated heterocycles. The summed E-state index contributed by atoms with van der Waals surface area (Å²) in [5.74, 6) is 1.14. The maximum atomic E-state index is 12.5. The third-order valence-corrected chi connectivity index (χ3v) is 5.70. The van der Waals surface area contributed by atoms with Crippen LogP contribution in [0, 0.1) is 0 Å². The standard InChI is InChI=1S/C22H22N8O2/c31-22(25-8-16-7-20-18(9-24-16)23-5-6-32-20)19-13-30(28-27-19)12-17-11-29-10-15(14-1-2-14)3-4-21(29)26-17/h3-4,7,9-11,13-14,23H,1-2,5-6,8,12H2,(H,25,31). The van der Waals surface area contributed by atoms with E-state index in [9.17, 15) is 4.79 Å². The average Bonchev–Trinajstić information content (AvgIpc) is 3.43. The van der Waals surface area contributed by atoms with Crippen molar-refractivity contribution in [2.45, 2.75) is 31.8 Å². The molecule has 10 nitrogen and oxygen atoms in total. The Morgan fingerprint density at radius 1 is 1.22 bits per heavy atom. The van der Waals surface area contributed by atoms with E-state index in [0.29, 0.717) is 24.8 Å². The number of imidazole rings is 1. The molecule has 10 heteroatoms. The van der Waals surface area contributed by atoms with Gasteiger partial charge in [0.25, 0.3) is 5.91 Å². The molecular weight excluding hydrogens is 408 g/mol. The first-order valence-electron chi connectivity index (χ1n) is 10.7. The lowest BCUT2D eigenvalue weighted by atomic mass is 10.2. The zero-order chi connectivity index (χ0) is 21.5. The van der Waals surface area contributed by atoms with Crippen molar-refractivity contribution in [3.63, 3.8) is 0 Å². The van der Waals surface area contributed by atoms with Crippen molar-refractivity contribution in [2.24, 2.45) is 0 Å². The Bertz CT molecular complexity index is 1310. The van der Waals surface area contributed by atoms with Gasteiger partial charge in [0.2, 0.25) is 0 Å². The molecule has 1 aliphatic carbocycles. The smallest absolute Gasteiger partial charge is 0.273 e. The van der Waals surface area contributed by atoms with Crippen LogP contribution in [-0.4, -0.2) is 48.4 Å². The lowest BCUT2D eigenvalue weighted by molar-refractivity contribution is 0.0945. The van der Waals surface area contributed by atoms with E-state index in [1.807, 2.05) is 18.3 Å². The second kappa shape index (κ2) is 7.63. The number of carbonyl (C=O) groups excluding carboxylic acids is 1. The molecule has 6 rings (SSSR count). The molecule has 1 saturated carbocycles. The van der Waals surface area contributed by atoms with E-state index in [4.69, 9.17) is 4.74 Å². The van der Waals surface area contributed by atoms with Gasteiger partial charge in [-0.15, -0.1) is 5.10 Å². The first-order valence-corrected chi connectivity index (χ1v) is 10.7. The number of fused-ring (bicyclic) bond motifs is 2. The van der Waals surface area contributed by atoms with Gasteiger partial charge in [-0.3, -0.25) is 9.78 Å². The predicted octanol–water partition coefficient (Wildman–Crippen LogP) is 1.98. The first kappa shape index (κ1) is 18.8. The Balaban J connectivity index is 1.10. The molecule has 4 aromatic heterocycles. The van der Waals surface area contributed by atoms with Crippen molar-refractivity contribution >= 4 is 17.2 Å². The van der Waals surface area contributed by atoms with Crippen LogP contribution in [0.5, 0.6) is 5.75 Å². The van der Waals surface area contributed by atoms with E-state index in [1.165, 1.54) is 18.4 Å². The van der Waals surface area contributed by atoms with E-state index in [2.05, 4.69) is 47.6 Å². The summed E-state index contributed by atoms with van der Waals surface area (Å²) < 4.78 is 9.28. The van der Waals surface area contributed by atoms with Crippen molar-refractivity contribution < 1.29 is 9.53 Å². The van der Waals surface area contributed by atoms with Crippen LogP contribution in [0.2, 0.25) is 0 Å². The molecule has 2 aliphatic rings. The van der Waals surface area contributed by atoms with Crippen LogP contribution in [0.4, 0.5) is 5.69 Å². The summed E-state index contributed by atoms with van der Waals surface area (Å²) in [6, 6.07) is 6.03. The summed E-state index contributed by atoms with van der Waals surface area (Å²) in [6.45, 7) is 2.09. The summed E-state index contributed by atoms with van der Waals surface area (Å²) >= 11 is 0. The lowest BCUT2D eigenvalue weighted by Crippen LogP contribution is -2.24. The van der Waals surface area contributed by atoms with Gasteiger partial charge in [-0.25, -0.2) is 9.67 Å². The number of hydrogen-bond donors (Lipinski definition) is 2. The highest BCUT2D eigenvalue weighted by molar-refractivity contribution is 5.91. The normalized spacial score (nSPS) is 15.1. The summed E-state index contributed by atoms with van der Waals surface area (Å²) in [5, 5.41) is 14.1. The van der Waals surface area contributed by atoms with Gasteiger partial charge >= 0.3 is 0 Å². The van der Waals surface area contributed by atoms with Crippen LogP contribution >= 0.6 is 0 Å². The Hall–Kier alpha value is -3.95. The van der Waals surface area contributed by atoms with Crippen LogP contribution < -0.4 is 15.4 Å². The minimum atomic E-state index is -0.307. The van der Waals surface area contributed by atoms with E-state index >= 15 is 0 Å². The van der Waals surface area contributed by atoms with Crippen molar-refractivity contribution in [3.8, 4) is 5.75 Å². The van der Waals surface area contributed by atoms with Gasteiger partial charge in [0.05, 0.1) is 42.6 Å². The largest absolute Gasteiger partial charge is 0.489 e. The molecule has 4 aromatic rings. The van der Waals surface area contributed by atoms with Crippen LogP contribution in [0.25, 0.3) is 5.65 Å². The fourth-order valence-electron chi connectivity index (χ4n) is 3.88. The summed E-state index contributed by atoms with van der Waals surface area (Å²) in [7, 11) is 0. The summed E-state index contributed by atoms with van der Waals surface area (Å²) in [5.41, 5.74) is 4.95. The van der Waals surface area contributed by atoms with E-state index in [-0.39, 0.29) is 18.1 Å². The SMILES string of the molecule is O=C(NCc1cc2c(cn1)NCCO2)c1cn(Cc2cn3cc(C4CC4)ccc3n2)nn1. The lowest BCUT2D eigenvalue weighted by Gasteiger charge is -2.19. The van der Waals surface area contributed by atoms with Crippen LogP contribution in [0.3, 0.4) is 0 Å². The molecular formula is C22H22N8O2. The number of carbonyl (C=O) groups is 1. The highest BCUT2D eigenvalue weighted by Gasteiger charge is 2.23. The van der Waals surface area contributed by atoms with Crippen molar-refractivity contribution in [2.75, 3.05) is 18.5 Å². The molecule has 0 atom stereocenters. The molecule has 0 radical (unpaired) electrons. The first-order chi connectivity index (χ1) is 15.7. The average molecular weight is 430 g/mol. The molecule has 0 unspecified atom stereocenters. The number of rotatable bonds is 6. The van der Waals surface area contributed by atoms with E-state index < -0.39 is 0 Å². The Morgan fingerprint density at radius 3 is 3.06 bits per heavy atom. The molecule has 1 aliphatic heterocycles. The Labute approximate surface area is 183 Å². The predicted molar refractivity (Wildman–Crippen MR) is 116 cm³/mol. The topological polar surface area (TPSA) is 111 Å². The number of aromatic nitrogens is 6. The minimum Gasteiger partial charge on any atom is -0.489 e. The molecule has 32 heavy (non-hydrogen) atoms. The molecule has 5 heterocycles. The maximum Gasteiger partial charge on any atom is 0.273 e. The monoisotopic (exact) mass is 430 g/mol. The van der Waals surface area contributed by atoms with Gasteiger partial charge in [0, 0.05) is 25.0 Å². The number of nitrogens with zero attached hydrogens (tertiary/aromatic N) is 6. The highest BCUT2D eigenvalue weighted by atomic mass is 16.5. The number of hydrogen-bond acceptors (Lipinski definition) is 7. The van der Waals surface area contributed by atoms with Gasteiger partial charge in [-0.2, -0.15) is 0 Å². The number of pyridine rings is 2.